The van der Waals surface area contributed by atoms with Crippen LogP contribution < -0.4 is 47.4 Å². The molecule has 3 aliphatic heterocycles. The van der Waals surface area contributed by atoms with E-state index in [1.807, 2.05) is 27.7 Å². The molecule has 0 saturated carbocycles. The molecule has 0 radical (unpaired) electrons. The Hall–Kier alpha value is -9.03. The minimum atomic E-state index is -4.66. The number of aliphatic hydroxyl groups is 3. The van der Waals surface area contributed by atoms with E-state index >= 15 is 0 Å². The minimum absolute atomic E-state index is 0.0115. The van der Waals surface area contributed by atoms with Gasteiger partial charge < -0.3 is 57.3 Å². The maximum atomic E-state index is 14.1. The number of para-hydroxylation sites is 3. The number of aliphatic hydroxyl groups excluding tert-OH is 3. The van der Waals surface area contributed by atoms with Gasteiger partial charge in [0.15, 0.2) is 33.3 Å². The number of halogens is 7. The number of carbonyl (C=O) groups excluding carboxylic acids is 3. The maximum Gasteiger partial charge on any atom is 0.380 e. The molecule has 0 amide bonds. The molecule has 642 valence electrons. The molecule has 0 spiro atoms. The molecule has 6 N–H and O–H groups in total. The third-order valence-corrected chi connectivity index (χ3v) is 23.0. The van der Waals surface area contributed by atoms with Gasteiger partial charge in [-0.1, -0.05) is 146 Å². The van der Waals surface area contributed by atoms with Gasteiger partial charge in [-0.15, -0.1) is 0 Å². The Bertz CT molecular complexity index is 5280. The molecule has 6 aromatic rings. The van der Waals surface area contributed by atoms with Crippen molar-refractivity contribution in [3.8, 4) is 52.8 Å². The van der Waals surface area contributed by atoms with Crippen LogP contribution >= 0.6 is 57.6 Å². The second kappa shape index (κ2) is 42.8. The highest BCUT2D eigenvalue weighted by Gasteiger charge is 2.60. The monoisotopic (exact) mass is 1780 g/mol. The van der Waals surface area contributed by atoms with Crippen molar-refractivity contribution in [3.63, 3.8) is 0 Å². The largest absolute Gasteiger partial charge is 0.463 e. The number of nitrogens with one attached hydrogen (secondary N) is 3. The molecule has 6 heterocycles. The Balaban J connectivity index is 0.000000256. The fourth-order valence-electron chi connectivity index (χ4n) is 10.6. The first-order valence-corrected chi connectivity index (χ1v) is 41.4. The zero-order valence-electron chi connectivity index (χ0n) is 69.7. The van der Waals surface area contributed by atoms with Gasteiger partial charge in [0.1, 0.15) is 86.4 Å². The van der Waals surface area contributed by atoms with Crippen molar-refractivity contribution in [3.05, 3.63) is 178 Å². The van der Waals surface area contributed by atoms with Crippen LogP contribution in [0.5, 0.6) is 17.2 Å². The van der Waals surface area contributed by atoms with Gasteiger partial charge in [0.2, 0.25) is 5.82 Å². The molecule has 3 unspecified atom stereocenters. The summed E-state index contributed by atoms with van der Waals surface area (Å²) in [4.78, 5) is 111. The predicted molar refractivity (Wildman–Crippen MR) is 414 cm³/mol. The molecule has 3 aromatic carbocycles. The van der Waals surface area contributed by atoms with E-state index in [9.17, 15) is 89.7 Å². The van der Waals surface area contributed by atoms with Gasteiger partial charge in [-0.3, -0.25) is 61.6 Å². The molecule has 45 heteroatoms. The van der Waals surface area contributed by atoms with Crippen LogP contribution in [0, 0.1) is 59.1 Å². The number of H-pyrrole nitrogens is 3. The van der Waals surface area contributed by atoms with Crippen molar-refractivity contribution in [2.24, 2.45) is 17.8 Å². The summed E-state index contributed by atoms with van der Waals surface area (Å²) in [7, 11) is -13.9. The Morgan fingerprint density at radius 1 is 0.525 bits per heavy atom. The highest BCUT2D eigenvalue weighted by Crippen LogP contribution is 2.55. The van der Waals surface area contributed by atoms with E-state index in [0.29, 0.717) is 26.2 Å². The summed E-state index contributed by atoms with van der Waals surface area (Å²) in [6.45, 7) is 0.413. The molecule has 35 nitrogen and oxygen atoms in total. The SMILES string of the molecule is [2H]C([2H])(O[P@@](=O)(C[C@@H](C)C(=O)OC(C)C)Oc1ccccc1)[C@H]1O[C@@H](n2cc(F)c(=O)[nH]c2=O)C(Cl)(C#CCF)[C@H]1O.[2H]C([2H])(O[P@@](=O)(C[C@@H](C)C(=O)OC(C)C)Oc1ccccc1)[C@H]1O[C@@H](n2cnc(=O)[nH]c2=O)C(Cl)(C#CCF)[C@H]1O.[2H]C([2H])(O[P@@](=O)(C[C@@H](C)C(=O)OC(C)C)Oc1ccccc1)[C@H]1O[C@@H](n2ncc(=O)[nH]c2=O)C(Cl)(C#CCF)[C@H]1O. The normalized spacial score (nSPS) is 25.9. The lowest BCUT2D eigenvalue weighted by Crippen LogP contribution is -2.45. The second-order valence-electron chi connectivity index (χ2n) is 26.5. The summed E-state index contributed by atoms with van der Waals surface area (Å²) >= 11 is 19.5. The van der Waals surface area contributed by atoms with E-state index in [1.165, 1.54) is 69.3 Å². The van der Waals surface area contributed by atoms with Gasteiger partial charge in [-0.25, -0.2) is 46.0 Å². The fourth-order valence-corrected chi connectivity index (χ4v) is 16.7. The van der Waals surface area contributed by atoms with Crippen molar-refractivity contribution in [2.45, 2.75) is 151 Å². The van der Waals surface area contributed by atoms with Gasteiger partial charge in [-0.05, 0) is 77.9 Å². The topological polar surface area (TPSA) is 464 Å². The maximum absolute atomic E-state index is 14.1. The van der Waals surface area contributed by atoms with E-state index in [4.69, 9.17) is 98.6 Å². The van der Waals surface area contributed by atoms with Crippen molar-refractivity contribution in [1.82, 2.24) is 38.9 Å². The van der Waals surface area contributed by atoms with Crippen molar-refractivity contribution in [1.29, 1.82) is 0 Å². The smallest absolute Gasteiger partial charge is 0.380 e. The predicted octanol–water partition coefficient (Wildman–Crippen LogP) is 6.79. The summed E-state index contributed by atoms with van der Waals surface area (Å²) in [5.74, 6) is 5.54. The number of hydrogen-bond donors (Lipinski definition) is 6. The zero-order valence-corrected chi connectivity index (χ0v) is 68.6. The molecule has 3 fully saturated rings. The fraction of sp³-hybridized carbons (Fsp3) is 0.493. The molecular weight excluding hydrogens is 1700 g/mol. The third kappa shape index (κ3) is 25.8. The number of rotatable bonds is 30. The lowest BCUT2D eigenvalue weighted by Gasteiger charge is -2.26. The molecule has 9 rings (SSSR count). The molecule has 3 aromatic heterocycles. The van der Waals surface area contributed by atoms with E-state index in [2.05, 4.69) is 27.8 Å². The average molecular weight is 1790 g/mol. The number of carbonyl (C=O) groups is 3. The van der Waals surface area contributed by atoms with Crippen LogP contribution in [0.15, 0.2) is 138 Å². The van der Waals surface area contributed by atoms with E-state index in [-0.39, 0.29) is 17.2 Å². The van der Waals surface area contributed by atoms with Crippen LogP contribution in [0.2, 0.25) is 0 Å². The van der Waals surface area contributed by atoms with Crippen molar-refractivity contribution in [2.75, 3.05) is 58.2 Å². The minimum Gasteiger partial charge on any atom is -0.463 e. The van der Waals surface area contributed by atoms with Crippen LogP contribution in [0.3, 0.4) is 0 Å². The molecular formula is C73H84Cl3F4N8O27P3. The van der Waals surface area contributed by atoms with Gasteiger partial charge >= 0.3 is 63.5 Å². The first-order chi connectivity index (χ1) is 57.8. The van der Waals surface area contributed by atoms with Gasteiger partial charge in [0.05, 0.1) is 88.6 Å². The lowest BCUT2D eigenvalue weighted by atomic mass is 9.99. The van der Waals surface area contributed by atoms with Crippen LogP contribution in [0.4, 0.5) is 17.6 Å². The first-order valence-electron chi connectivity index (χ1n) is 38.1. The number of hydrogen-bond acceptors (Lipinski definition) is 29. The molecule has 0 bridgehead atoms. The molecule has 3 aliphatic rings. The number of esters is 3. The highest BCUT2D eigenvalue weighted by molar-refractivity contribution is 7.55. The number of alkyl halides is 6. The van der Waals surface area contributed by atoms with Crippen LogP contribution in [0.25, 0.3) is 0 Å². The molecule has 118 heavy (non-hydrogen) atoms. The van der Waals surface area contributed by atoms with Crippen LogP contribution in [0.1, 0.15) is 89.2 Å². The summed E-state index contributed by atoms with van der Waals surface area (Å²) in [6.07, 6.45) is -20.3. The second-order valence-corrected chi connectivity index (χ2v) is 34.2. The van der Waals surface area contributed by atoms with Crippen LogP contribution in [-0.4, -0.2) is 200 Å². The summed E-state index contributed by atoms with van der Waals surface area (Å²) in [6, 6.07) is 22.7. The summed E-state index contributed by atoms with van der Waals surface area (Å²) < 4.78 is 213. The van der Waals surface area contributed by atoms with Crippen molar-refractivity contribution < 1.29 is 125 Å². The Kier molecular flexibility index (Phi) is 31.5. The number of aromatic amines is 3. The third-order valence-electron chi connectivity index (χ3n) is 15.9. The average Bonchev–Trinajstić information content (AvgIpc) is 1.79. The van der Waals surface area contributed by atoms with Crippen LogP contribution in [-0.2, 0) is 70.1 Å². The Morgan fingerprint density at radius 2 is 0.856 bits per heavy atom. The molecule has 0 aliphatic carbocycles. The standard InChI is InChI=1S/C25H28ClF2N2O9P.2C24H28ClFN3O9P/c1-15(2)37-22(33)16(3)14-40(35,39-17-8-5-4-6-9-17)36-13-19-20(31)25(26,10-7-11-27)23(38-19)30-12-18(28)21(32)29-24(30)34;1-15(2)36-21(32)16(3)14-39(34,38-17-8-5-4-6-9-17)35-13-18-20(31)24(25,10-7-11-26)22(37-18)29-23(33)28-19(30)12-27-29;1-15(2)36-20(31)16(3)13-39(34,38-17-8-5-4-6-9-17)35-12-18-19(30)24(25,10-7-11-26)21(37-18)29-14-27-22(32)28-23(29)33/h4-6,8-9,12,15-16,19-20,23,31H,11,13-14H2,1-3H3,(H,29,32,34);4-6,8-9,12,15-16,18,20,22,31H,11,13-14H2,1-3H3,(H,28,30,33);4-6,8-9,14-16,18-19,21,30H,11-13H2,1-3H3,(H,28,32,33)/t16-,19-,20+,23-,25?,40+;16-,18-,20+,22-,24?,39+;16-,18-,19+,21-,24?,39+/m111/s1/i2*13D2;12D2. The summed E-state index contributed by atoms with van der Waals surface area (Å²) in [5, 5.41) is 36.9. The highest BCUT2D eigenvalue weighted by atomic mass is 35.5. The first kappa shape index (κ1) is 86.8. The zero-order chi connectivity index (χ0) is 92.6. The van der Waals surface area contributed by atoms with Gasteiger partial charge in [0.25, 0.3) is 11.1 Å². The number of benzene rings is 3. The Labute approximate surface area is 693 Å². The number of nitrogens with zero attached hydrogens (tertiary/aromatic N) is 5. The molecule has 3 saturated heterocycles. The van der Waals surface area contributed by atoms with E-state index in [1.54, 1.807) is 89.0 Å². The van der Waals surface area contributed by atoms with Gasteiger partial charge in [0, 0.05) is 0 Å². The number of ether oxygens (including phenoxy) is 6. The van der Waals surface area contributed by atoms with E-state index in [0.717, 1.165) is 6.33 Å². The van der Waals surface area contributed by atoms with Gasteiger partial charge in [-0.2, -0.15) is 19.2 Å². The van der Waals surface area contributed by atoms with E-state index < -0.39 is 245 Å². The number of aromatic nitrogens is 8. The van der Waals surface area contributed by atoms with Crippen molar-refractivity contribution >= 4 is 75.5 Å². The summed E-state index contributed by atoms with van der Waals surface area (Å²) in [5.41, 5.74) is -6.81. The Morgan fingerprint density at radius 3 is 1.19 bits per heavy atom. The quantitative estimate of drug-likeness (QED) is 0.00674. The molecule has 18 atom stereocenters. The lowest BCUT2D eigenvalue weighted by molar-refractivity contribution is -0.152.